The average molecular weight is 326 g/mol. The maximum atomic E-state index is 12.1. The van der Waals surface area contributed by atoms with Gasteiger partial charge in [0.1, 0.15) is 5.02 Å². The van der Waals surface area contributed by atoms with Gasteiger partial charge in [-0.15, -0.1) is 0 Å². The highest BCUT2D eigenvalue weighted by molar-refractivity contribution is 6.43. The van der Waals surface area contributed by atoms with Crippen LogP contribution in [0.3, 0.4) is 0 Å². The summed E-state index contributed by atoms with van der Waals surface area (Å²) in [6.45, 7) is 1.73. The second-order valence-corrected chi connectivity index (χ2v) is 4.92. The number of rotatable bonds is 3. The molecule has 108 valence electrons. The fourth-order valence-corrected chi connectivity index (χ4v) is 2.04. The zero-order valence-electron chi connectivity index (χ0n) is 10.8. The molecule has 0 fully saturated rings. The molecule has 0 aliphatic carbocycles. The Morgan fingerprint density at radius 2 is 2.10 bits per heavy atom. The zero-order valence-corrected chi connectivity index (χ0v) is 12.3. The van der Waals surface area contributed by atoms with Gasteiger partial charge in [-0.1, -0.05) is 23.2 Å². The number of nitrogens with zero attached hydrogens (tertiary/aromatic N) is 2. The molecule has 0 unspecified atom stereocenters. The molecule has 0 aliphatic heterocycles. The van der Waals surface area contributed by atoms with Gasteiger partial charge in [0.05, 0.1) is 21.3 Å². The van der Waals surface area contributed by atoms with Crippen molar-refractivity contribution in [2.45, 2.75) is 6.92 Å². The monoisotopic (exact) mass is 325 g/mol. The molecule has 2 rings (SSSR count). The Bertz CT molecular complexity index is 735. The standard InChI is InChI=1S/C13H9Cl2N3O3/c1-7-10(3-2-4-16-7)17-13(19)8-5-9(14)12(15)11(6-8)18(20)21/h2-6H,1H3,(H,17,19). The average Bonchev–Trinajstić information content (AvgIpc) is 2.43. The molecule has 0 saturated heterocycles. The van der Waals surface area contributed by atoms with Gasteiger partial charge in [0.25, 0.3) is 11.6 Å². The van der Waals surface area contributed by atoms with Crippen molar-refractivity contribution in [1.82, 2.24) is 4.98 Å². The molecule has 1 aromatic carbocycles. The lowest BCUT2D eigenvalue weighted by Crippen LogP contribution is -2.13. The zero-order chi connectivity index (χ0) is 15.6. The molecule has 8 heteroatoms. The Hall–Kier alpha value is -2.18. The lowest BCUT2D eigenvalue weighted by Gasteiger charge is -2.08. The van der Waals surface area contributed by atoms with Crippen LogP contribution in [0.15, 0.2) is 30.5 Å². The van der Waals surface area contributed by atoms with Gasteiger partial charge in [-0.3, -0.25) is 19.9 Å². The molecule has 1 heterocycles. The van der Waals surface area contributed by atoms with E-state index >= 15 is 0 Å². The van der Waals surface area contributed by atoms with Crippen LogP contribution in [-0.2, 0) is 0 Å². The Morgan fingerprint density at radius 3 is 2.71 bits per heavy atom. The highest BCUT2D eigenvalue weighted by Gasteiger charge is 2.20. The third-order valence-corrected chi connectivity index (χ3v) is 3.52. The van der Waals surface area contributed by atoms with Gasteiger partial charge < -0.3 is 5.32 Å². The SMILES string of the molecule is Cc1ncccc1NC(=O)c1cc(Cl)c(Cl)c([N+](=O)[O-])c1. The number of halogens is 2. The maximum absolute atomic E-state index is 12.1. The van der Waals surface area contributed by atoms with E-state index in [2.05, 4.69) is 10.3 Å². The van der Waals surface area contributed by atoms with Gasteiger partial charge in [0.2, 0.25) is 0 Å². The van der Waals surface area contributed by atoms with E-state index in [4.69, 9.17) is 23.2 Å². The first-order valence-electron chi connectivity index (χ1n) is 5.76. The molecule has 0 saturated carbocycles. The number of nitrogens with one attached hydrogen (secondary N) is 1. The summed E-state index contributed by atoms with van der Waals surface area (Å²) in [4.78, 5) is 26.4. The number of hydrogen-bond acceptors (Lipinski definition) is 4. The minimum atomic E-state index is -0.694. The summed E-state index contributed by atoms with van der Waals surface area (Å²) in [7, 11) is 0. The molecule has 0 radical (unpaired) electrons. The van der Waals surface area contributed by atoms with Crippen molar-refractivity contribution in [3.8, 4) is 0 Å². The molecule has 0 spiro atoms. The van der Waals surface area contributed by atoms with Crippen LogP contribution in [0.4, 0.5) is 11.4 Å². The van der Waals surface area contributed by atoms with Crippen LogP contribution in [0.2, 0.25) is 10.0 Å². The normalized spacial score (nSPS) is 10.2. The minimum absolute atomic E-state index is 0.0411. The minimum Gasteiger partial charge on any atom is -0.320 e. The summed E-state index contributed by atoms with van der Waals surface area (Å²) < 4.78 is 0. The van der Waals surface area contributed by atoms with E-state index in [-0.39, 0.29) is 15.6 Å². The molecular formula is C13H9Cl2N3O3. The molecular weight excluding hydrogens is 317 g/mol. The first-order valence-corrected chi connectivity index (χ1v) is 6.52. The predicted molar refractivity (Wildman–Crippen MR) is 80.0 cm³/mol. The number of aromatic nitrogens is 1. The second kappa shape index (κ2) is 6.07. The number of nitro benzene ring substituents is 1. The molecule has 1 N–H and O–H groups in total. The topological polar surface area (TPSA) is 85.1 Å². The van der Waals surface area contributed by atoms with Gasteiger partial charge in [-0.2, -0.15) is 0 Å². The van der Waals surface area contributed by atoms with Crippen molar-refractivity contribution in [3.63, 3.8) is 0 Å². The van der Waals surface area contributed by atoms with Crippen LogP contribution in [0, 0.1) is 17.0 Å². The molecule has 0 bridgehead atoms. The Kier molecular flexibility index (Phi) is 4.40. The fraction of sp³-hybridized carbons (Fsp3) is 0.0769. The summed E-state index contributed by atoms with van der Waals surface area (Å²) in [6, 6.07) is 5.69. The molecule has 2 aromatic rings. The number of carbonyl (C=O) groups is 1. The van der Waals surface area contributed by atoms with Gasteiger partial charge in [0.15, 0.2) is 0 Å². The van der Waals surface area contributed by atoms with Crippen LogP contribution in [-0.4, -0.2) is 15.8 Å². The summed E-state index contributed by atoms with van der Waals surface area (Å²) >= 11 is 11.5. The molecule has 6 nitrogen and oxygen atoms in total. The van der Waals surface area contributed by atoms with Crippen molar-refractivity contribution >= 4 is 40.5 Å². The third-order valence-electron chi connectivity index (χ3n) is 2.72. The molecule has 0 aliphatic rings. The largest absolute Gasteiger partial charge is 0.320 e. The maximum Gasteiger partial charge on any atom is 0.290 e. The summed E-state index contributed by atoms with van der Waals surface area (Å²) in [5.74, 6) is -0.534. The number of carbonyl (C=O) groups excluding carboxylic acids is 1. The van der Waals surface area contributed by atoms with E-state index in [0.717, 1.165) is 6.07 Å². The van der Waals surface area contributed by atoms with Crippen LogP contribution in [0.25, 0.3) is 0 Å². The van der Waals surface area contributed by atoms with Gasteiger partial charge in [-0.05, 0) is 25.1 Å². The number of hydrogen-bond donors (Lipinski definition) is 1. The fourth-order valence-electron chi connectivity index (χ4n) is 1.65. The molecule has 1 amide bonds. The van der Waals surface area contributed by atoms with Crippen molar-refractivity contribution < 1.29 is 9.72 Å². The number of nitro groups is 1. The highest BCUT2D eigenvalue weighted by Crippen LogP contribution is 2.33. The smallest absolute Gasteiger partial charge is 0.290 e. The summed E-state index contributed by atoms with van der Waals surface area (Å²) in [5.41, 5.74) is 0.758. The Balaban J connectivity index is 2.36. The van der Waals surface area contributed by atoms with E-state index in [1.807, 2.05) is 0 Å². The number of benzene rings is 1. The van der Waals surface area contributed by atoms with E-state index in [9.17, 15) is 14.9 Å². The Labute approximate surface area is 129 Å². The Morgan fingerprint density at radius 1 is 1.38 bits per heavy atom. The number of pyridine rings is 1. The highest BCUT2D eigenvalue weighted by atomic mass is 35.5. The van der Waals surface area contributed by atoms with Crippen molar-refractivity contribution in [2.75, 3.05) is 5.32 Å². The number of amides is 1. The van der Waals surface area contributed by atoms with Crippen molar-refractivity contribution in [1.29, 1.82) is 0 Å². The van der Waals surface area contributed by atoms with Crippen LogP contribution >= 0.6 is 23.2 Å². The van der Waals surface area contributed by atoms with Crippen molar-refractivity contribution in [2.24, 2.45) is 0 Å². The second-order valence-electron chi connectivity index (χ2n) is 4.14. The summed E-state index contributed by atoms with van der Waals surface area (Å²) in [6.07, 6.45) is 1.59. The van der Waals surface area contributed by atoms with E-state index in [1.54, 1.807) is 25.3 Å². The van der Waals surface area contributed by atoms with Gasteiger partial charge in [-0.25, -0.2) is 0 Å². The number of aryl methyl sites for hydroxylation is 1. The van der Waals surface area contributed by atoms with E-state index in [1.165, 1.54) is 6.07 Å². The van der Waals surface area contributed by atoms with Gasteiger partial charge >= 0.3 is 0 Å². The lowest BCUT2D eigenvalue weighted by molar-refractivity contribution is -0.384. The lowest BCUT2D eigenvalue weighted by atomic mass is 10.1. The molecule has 0 atom stereocenters. The van der Waals surface area contributed by atoms with E-state index in [0.29, 0.717) is 11.4 Å². The molecule has 1 aromatic heterocycles. The molecule has 21 heavy (non-hydrogen) atoms. The van der Waals surface area contributed by atoms with Crippen LogP contribution < -0.4 is 5.32 Å². The van der Waals surface area contributed by atoms with Crippen LogP contribution in [0.5, 0.6) is 0 Å². The first kappa shape index (κ1) is 15.2. The summed E-state index contributed by atoms with van der Waals surface area (Å²) in [5, 5.41) is 13.2. The predicted octanol–water partition coefficient (Wildman–Crippen LogP) is 3.86. The quantitative estimate of drug-likeness (QED) is 0.685. The number of anilines is 1. The van der Waals surface area contributed by atoms with E-state index < -0.39 is 16.5 Å². The first-order chi connectivity index (χ1) is 9.90. The van der Waals surface area contributed by atoms with Gasteiger partial charge in [0, 0.05) is 17.8 Å². The van der Waals surface area contributed by atoms with Crippen LogP contribution in [0.1, 0.15) is 16.1 Å². The third kappa shape index (κ3) is 3.29. The van der Waals surface area contributed by atoms with Crippen molar-refractivity contribution in [3.05, 3.63) is 61.9 Å².